The molecule has 0 aliphatic heterocycles. The van der Waals surface area contributed by atoms with Crippen molar-refractivity contribution in [2.24, 2.45) is 0 Å². The number of aliphatic carboxylic acids is 1. The van der Waals surface area contributed by atoms with Gasteiger partial charge in [0.2, 0.25) is 5.91 Å². The Hall–Kier alpha value is -1.49. The van der Waals surface area contributed by atoms with Crippen molar-refractivity contribution in [2.75, 3.05) is 5.75 Å². The number of benzene rings is 1. The Morgan fingerprint density at radius 3 is 2.40 bits per heavy atom. The van der Waals surface area contributed by atoms with Crippen LogP contribution in [0, 0.1) is 6.92 Å². The van der Waals surface area contributed by atoms with Gasteiger partial charge in [-0.25, -0.2) is 4.79 Å². The van der Waals surface area contributed by atoms with Gasteiger partial charge >= 0.3 is 5.97 Å². The normalized spacial score (nSPS) is 13.6. The second kappa shape index (κ2) is 7.33. The van der Waals surface area contributed by atoms with Gasteiger partial charge in [0.15, 0.2) is 0 Å². The summed E-state index contributed by atoms with van der Waals surface area (Å²) in [5.41, 5.74) is 1.18. The Morgan fingerprint density at radius 2 is 1.90 bits per heavy atom. The monoisotopic (exact) mass is 295 g/mol. The zero-order valence-corrected chi connectivity index (χ0v) is 12.9. The summed E-state index contributed by atoms with van der Waals surface area (Å²) in [6.07, 6.45) is 0.358. The number of amides is 1. The molecule has 1 amide bonds. The van der Waals surface area contributed by atoms with Crippen LogP contribution in [0.4, 0.5) is 0 Å². The van der Waals surface area contributed by atoms with Crippen LogP contribution in [0.3, 0.4) is 0 Å². The number of hydrogen-bond donors (Lipinski definition) is 2. The second-order valence-electron chi connectivity index (χ2n) is 5.02. The van der Waals surface area contributed by atoms with Crippen LogP contribution in [-0.2, 0) is 15.3 Å². The van der Waals surface area contributed by atoms with E-state index in [0.29, 0.717) is 6.42 Å². The SMILES string of the molecule is CCC(C)(NC(=O)CSCc1ccc(C)cc1)C(=O)O. The van der Waals surface area contributed by atoms with Crippen LogP contribution in [0.2, 0.25) is 0 Å². The summed E-state index contributed by atoms with van der Waals surface area (Å²) in [6.45, 7) is 5.30. The fourth-order valence-corrected chi connectivity index (χ4v) is 2.37. The molecule has 0 spiro atoms. The van der Waals surface area contributed by atoms with Gasteiger partial charge in [-0.05, 0) is 25.8 Å². The first-order chi connectivity index (χ1) is 9.37. The summed E-state index contributed by atoms with van der Waals surface area (Å²) in [5, 5.41) is 11.7. The standard InChI is InChI=1S/C15H21NO3S/c1-4-15(3,14(18)19)16-13(17)10-20-9-12-7-5-11(2)6-8-12/h5-8H,4,9-10H2,1-3H3,(H,16,17)(H,18,19). The molecule has 20 heavy (non-hydrogen) atoms. The third-order valence-electron chi connectivity index (χ3n) is 3.22. The van der Waals surface area contributed by atoms with E-state index >= 15 is 0 Å². The summed E-state index contributed by atoms with van der Waals surface area (Å²) in [7, 11) is 0. The molecule has 0 saturated heterocycles. The summed E-state index contributed by atoms with van der Waals surface area (Å²) in [5.74, 6) is -0.244. The van der Waals surface area contributed by atoms with E-state index < -0.39 is 11.5 Å². The Balaban J connectivity index is 2.40. The quantitative estimate of drug-likeness (QED) is 0.811. The zero-order valence-electron chi connectivity index (χ0n) is 12.1. The van der Waals surface area contributed by atoms with Crippen LogP contribution in [0.25, 0.3) is 0 Å². The topological polar surface area (TPSA) is 66.4 Å². The summed E-state index contributed by atoms with van der Waals surface area (Å²) >= 11 is 1.48. The first-order valence-corrected chi connectivity index (χ1v) is 7.70. The van der Waals surface area contributed by atoms with Gasteiger partial charge in [-0.3, -0.25) is 4.79 Å². The van der Waals surface area contributed by atoms with Crippen LogP contribution in [0.1, 0.15) is 31.4 Å². The number of carboxylic acids is 1. The molecule has 0 aromatic heterocycles. The van der Waals surface area contributed by atoms with Gasteiger partial charge in [-0.15, -0.1) is 11.8 Å². The summed E-state index contributed by atoms with van der Waals surface area (Å²) in [4.78, 5) is 22.9. The van der Waals surface area contributed by atoms with Crippen LogP contribution in [0.15, 0.2) is 24.3 Å². The lowest BCUT2D eigenvalue weighted by atomic mass is 9.99. The van der Waals surface area contributed by atoms with Gasteiger partial charge in [0.05, 0.1) is 5.75 Å². The van der Waals surface area contributed by atoms with Crippen molar-refractivity contribution >= 4 is 23.6 Å². The van der Waals surface area contributed by atoms with Gasteiger partial charge < -0.3 is 10.4 Å². The average Bonchev–Trinajstić information content (AvgIpc) is 2.40. The minimum atomic E-state index is -1.18. The molecule has 2 N–H and O–H groups in total. The van der Waals surface area contributed by atoms with Crippen molar-refractivity contribution in [2.45, 2.75) is 38.5 Å². The highest BCUT2D eigenvalue weighted by molar-refractivity contribution is 7.99. The van der Waals surface area contributed by atoms with Gasteiger partial charge in [0.25, 0.3) is 0 Å². The molecule has 110 valence electrons. The molecule has 1 rings (SSSR count). The van der Waals surface area contributed by atoms with Crippen molar-refractivity contribution in [3.63, 3.8) is 0 Å². The van der Waals surface area contributed by atoms with E-state index in [1.54, 1.807) is 6.92 Å². The molecule has 0 radical (unpaired) electrons. The average molecular weight is 295 g/mol. The highest BCUT2D eigenvalue weighted by atomic mass is 32.2. The number of rotatable bonds is 7. The number of nitrogens with one attached hydrogen (secondary N) is 1. The Bertz CT molecular complexity index is 473. The van der Waals surface area contributed by atoms with Crippen LogP contribution >= 0.6 is 11.8 Å². The van der Waals surface area contributed by atoms with E-state index in [0.717, 1.165) is 11.3 Å². The fourth-order valence-electron chi connectivity index (χ4n) is 1.58. The molecule has 1 aromatic rings. The van der Waals surface area contributed by atoms with E-state index in [9.17, 15) is 9.59 Å². The number of aryl methyl sites for hydroxylation is 1. The first-order valence-electron chi connectivity index (χ1n) is 6.55. The predicted molar refractivity (Wildman–Crippen MR) is 81.8 cm³/mol. The Labute approximate surface area is 124 Å². The fraction of sp³-hybridized carbons (Fsp3) is 0.467. The molecule has 0 heterocycles. The van der Waals surface area contributed by atoms with Crippen LogP contribution in [-0.4, -0.2) is 28.3 Å². The zero-order chi connectivity index (χ0) is 15.2. The number of carboxylic acid groups (broad SMARTS) is 1. The third kappa shape index (κ3) is 4.89. The third-order valence-corrected chi connectivity index (χ3v) is 4.22. The maximum Gasteiger partial charge on any atom is 0.329 e. The van der Waals surface area contributed by atoms with Crippen molar-refractivity contribution in [3.8, 4) is 0 Å². The van der Waals surface area contributed by atoms with Crippen molar-refractivity contribution in [1.82, 2.24) is 5.32 Å². The van der Waals surface area contributed by atoms with E-state index in [4.69, 9.17) is 5.11 Å². The maximum absolute atomic E-state index is 11.8. The molecule has 0 aliphatic rings. The van der Waals surface area contributed by atoms with E-state index in [1.165, 1.54) is 24.2 Å². The molecule has 4 nitrogen and oxygen atoms in total. The van der Waals surface area contributed by atoms with E-state index in [1.807, 2.05) is 31.2 Å². The molecular formula is C15H21NO3S. The molecule has 5 heteroatoms. The lowest BCUT2D eigenvalue weighted by molar-refractivity contribution is -0.146. The van der Waals surface area contributed by atoms with Gasteiger partial charge in [-0.2, -0.15) is 0 Å². The van der Waals surface area contributed by atoms with E-state index in [2.05, 4.69) is 5.32 Å². The minimum absolute atomic E-state index is 0.242. The highest BCUT2D eigenvalue weighted by Gasteiger charge is 2.32. The maximum atomic E-state index is 11.8. The van der Waals surface area contributed by atoms with Crippen molar-refractivity contribution in [3.05, 3.63) is 35.4 Å². The first kappa shape index (κ1) is 16.6. The Morgan fingerprint density at radius 1 is 1.30 bits per heavy atom. The van der Waals surface area contributed by atoms with Crippen molar-refractivity contribution in [1.29, 1.82) is 0 Å². The summed E-state index contributed by atoms with van der Waals surface area (Å²) < 4.78 is 0. The highest BCUT2D eigenvalue weighted by Crippen LogP contribution is 2.14. The lowest BCUT2D eigenvalue weighted by Gasteiger charge is -2.24. The molecule has 1 aromatic carbocycles. The summed E-state index contributed by atoms with van der Waals surface area (Å²) in [6, 6.07) is 8.14. The lowest BCUT2D eigenvalue weighted by Crippen LogP contribution is -2.52. The van der Waals surface area contributed by atoms with Crippen molar-refractivity contribution < 1.29 is 14.7 Å². The van der Waals surface area contributed by atoms with Crippen LogP contribution in [0.5, 0.6) is 0 Å². The second-order valence-corrected chi connectivity index (χ2v) is 6.00. The number of thioether (sulfide) groups is 1. The van der Waals surface area contributed by atoms with E-state index in [-0.39, 0.29) is 11.7 Å². The predicted octanol–water partition coefficient (Wildman–Crippen LogP) is 2.60. The smallest absolute Gasteiger partial charge is 0.329 e. The molecule has 0 aliphatic carbocycles. The largest absolute Gasteiger partial charge is 0.480 e. The molecule has 0 bridgehead atoms. The number of carbonyl (C=O) groups excluding carboxylic acids is 1. The molecule has 1 atom stereocenters. The van der Waals surface area contributed by atoms with Gasteiger partial charge in [0, 0.05) is 5.75 Å². The number of hydrogen-bond acceptors (Lipinski definition) is 3. The van der Waals surface area contributed by atoms with Gasteiger partial charge in [0.1, 0.15) is 5.54 Å². The minimum Gasteiger partial charge on any atom is -0.480 e. The number of carbonyl (C=O) groups is 2. The molecule has 0 saturated carbocycles. The molecular weight excluding hydrogens is 274 g/mol. The van der Waals surface area contributed by atoms with Crippen LogP contribution < -0.4 is 5.32 Å². The van der Waals surface area contributed by atoms with Gasteiger partial charge in [-0.1, -0.05) is 36.8 Å². The molecule has 1 unspecified atom stereocenters. The Kier molecular flexibility index (Phi) is 6.07. The molecule has 0 fully saturated rings.